The summed E-state index contributed by atoms with van der Waals surface area (Å²) in [6.45, 7) is 10.5. The van der Waals surface area contributed by atoms with Crippen molar-refractivity contribution in [3.63, 3.8) is 0 Å². The van der Waals surface area contributed by atoms with Gasteiger partial charge < -0.3 is 0 Å². The minimum atomic E-state index is -0.0629. The van der Waals surface area contributed by atoms with Gasteiger partial charge in [-0.1, -0.05) is 6.58 Å². The third-order valence-electron chi connectivity index (χ3n) is 2.61. The number of allylic oxidation sites excluding steroid dienone is 5. The van der Waals surface area contributed by atoms with Crippen LogP contribution >= 0.6 is 0 Å². The van der Waals surface area contributed by atoms with Crippen LogP contribution in [0, 0.1) is 0 Å². The Morgan fingerprint density at radius 1 is 0.929 bits per heavy atom. The van der Waals surface area contributed by atoms with Gasteiger partial charge in [0.2, 0.25) is 0 Å². The minimum Gasteiger partial charge on any atom is -0.289 e. The lowest BCUT2D eigenvalue weighted by Gasteiger charge is -2.18. The van der Waals surface area contributed by atoms with E-state index in [-0.39, 0.29) is 11.6 Å². The Morgan fingerprint density at radius 2 is 1.36 bits per heavy atom. The highest BCUT2D eigenvalue weighted by atomic mass is 16.1. The van der Waals surface area contributed by atoms with Crippen molar-refractivity contribution in [2.75, 3.05) is 0 Å². The van der Waals surface area contributed by atoms with Gasteiger partial charge in [-0.05, 0) is 33.3 Å². The molecule has 0 heterocycles. The highest BCUT2D eigenvalue weighted by Gasteiger charge is 2.27. The molecule has 0 N–H and O–H groups in total. The Morgan fingerprint density at radius 3 is 1.79 bits per heavy atom. The van der Waals surface area contributed by atoms with E-state index in [1.54, 1.807) is 27.7 Å². The summed E-state index contributed by atoms with van der Waals surface area (Å²) in [4.78, 5) is 23.5. The topological polar surface area (TPSA) is 34.1 Å². The quantitative estimate of drug-likeness (QED) is 0.595. The average molecular weight is 190 g/mol. The van der Waals surface area contributed by atoms with Crippen molar-refractivity contribution in [2.24, 2.45) is 0 Å². The van der Waals surface area contributed by atoms with Crippen LogP contribution in [0.4, 0.5) is 0 Å². The number of rotatable bonds is 1. The Balaban J connectivity index is 3.41. The molecular formula is C12H14O2. The highest BCUT2D eigenvalue weighted by Crippen LogP contribution is 2.27. The van der Waals surface area contributed by atoms with Crippen LogP contribution in [-0.2, 0) is 9.59 Å². The Kier molecular flexibility index (Phi) is 2.56. The van der Waals surface area contributed by atoms with Crippen LogP contribution in [0.5, 0.6) is 0 Å². The smallest absolute Gasteiger partial charge is 0.189 e. The molecule has 0 amide bonds. The molecule has 2 nitrogen and oxygen atoms in total. The summed E-state index contributed by atoms with van der Waals surface area (Å²) in [5.74, 6) is -0.104. The Labute approximate surface area is 84.0 Å². The van der Waals surface area contributed by atoms with E-state index in [1.807, 2.05) is 0 Å². The Bertz CT molecular complexity index is 406. The van der Waals surface area contributed by atoms with Crippen LogP contribution in [-0.4, -0.2) is 11.6 Å². The van der Waals surface area contributed by atoms with Crippen LogP contribution < -0.4 is 0 Å². The molecular weight excluding hydrogens is 176 g/mol. The number of hydrogen-bond donors (Lipinski definition) is 0. The molecule has 0 atom stereocenters. The van der Waals surface area contributed by atoms with Crippen LogP contribution in [0.25, 0.3) is 0 Å². The molecule has 0 aromatic carbocycles. The molecule has 0 bridgehead atoms. The van der Waals surface area contributed by atoms with E-state index in [4.69, 9.17) is 0 Å². The van der Waals surface area contributed by atoms with Gasteiger partial charge in [0, 0.05) is 22.3 Å². The summed E-state index contributed by atoms with van der Waals surface area (Å²) >= 11 is 0. The lowest BCUT2D eigenvalue weighted by molar-refractivity contribution is -0.116. The van der Waals surface area contributed by atoms with Gasteiger partial charge in [-0.25, -0.2) is 0 Å². The first kappa shape index (κ1) is 10.6. The highest BCUT2D eigenvalue weighted by molar-refractivity contribution is 6.26. The molecule has 0 aromatic heterocycles. The molecule has 0 aromatic rings. The normalized spacial score (nSPS) is 18.0. The van der Waals surface area contributed by atoms with E-state index in [9.17, 15) is 9.59 Å². The zero-order valence-corrected chi connectivity index (χ0v) is 9.02. The predicted molar refractivity (Wildman–Crippen MR) is 55.9 cm³/mol. The molecule has 74 valence electrons. The van der Waals surface area contributed by atoms with Gasteiger partial charge in [-0.15, -0.1) is 0 Å². The van der Waals surface area contributed by atoms with E-state index in [0.717, 1.165) is 0 Å². The molecule has 0 spiro atoms. The van der Waals surface area contributed by atoms with Crippen LogP contribution in [0.1, 0.15) is 27.7 Å². The second-order valence-electron chi connectivity index (χ2n) is 3.69. The van der Waals surface area contributed by atoms with Gasteiger partial charge >= 0.3 is 0 Å². The van der Waals surface area contributed by atoms with Gasteiger partial charge in [0.1, 0.15) is 0 Å². The number of carbonyl (C=O) groups excluding carboxylic acids is 2. The van der Waals surface area contributed by atoms with Crippen molar-refractivity contribution in [3.05, 3.63) is 34.4 Å². The van der Waals surface area contributed by atoms with Gasteiger partial charge in [0.15, 0.2) is 11.6 Å². The predicted octanol–water partition coefficient (Wildman–Crippen LogP) is 2.37. The molecule has 0 aliphatic heterocycles. The second-order valence-corrected chi connectivity index (χ2v) is 3.69. The van der Waals surface area contributed by atoms with Crippen LogP contribution in [0.15, 0.2) is 34.4 Å². The summed E-state index contributed by atoms with van der Waals surface area (Å²) in [6, 6.07) is 0. The fraction of sp³-hybridized carbons (Fsp3) is 0.333. The van der Waals surface area contributed by atoms with Crippen molar-refractivity contribution in [3.8, 4) is 0 Å². The molecule has 2 heteroatoms. The SMILES string of the molecule is C=C(C)C1=C(C)C(=O)C(C)=C(C)C1=O. The maximum absolute atomic E-state index is 11.8. The van der Waals surface area contributed by atoms with Crippen LogP contribution in [0.2, 0.25) is 0 Å². The fourth-order valence-corrected chi connectivity index (χ4v) is 1.61. The maximum Gasteiger partial charge on any atom is 0.189 e. The number of hydrogen-bond acceptors (Lipinski definition) is 2. The first-order valence-corrected chi connectivity index (χ1v) is 4.51. The third-order valence-corrected chi connectivity index (χ3v) is 2.61. The standard InChI is InChI=1S/C12H14O2/c1-6(2)10-9(5)11(13)7(3)8(4)12(10)14/h1H2,2-5H3. The summed E-state index contributed by atoms with van der Waals surface area (Å²) in [5.41, 5.74) is 2.76. The number of ketones is 2. The first-order valence-electron chi connectivity index (χ1n) is 4.51. The van der Waals surface area contributed by atoms with Gasteiger partial charge in [0.25, 0.3) is 0 Å². The molecule has 1 aliphatic carbocycles. The van der Waals surface area contributed by atoms with Crippen molar-refractivity contribution >= 4 is 11.6 Å². The molecule has 0 saturated carbocycles. The molecule has 1 rings (SSSR count). The second kappa shape index (κ2) is 3.37. The molecule has 14 heavy (non-hydrogen) atoms. The van der Waals surface area contributed by atoms with Crippen molar-refractivity contribution < 1.29 is 9.59 Å². The van der Waals surface area contributed by atoms with Crippen LogP contribution in [0.3, 0.4) is 0 Å². The molecule has 0 unspecified atom stereocenters. The number of carbonyl (C=O) groups is 2. The number of Topliss-reactive ketones (excluding diaryl/α,β-unsaturated/α-hetero) is 2. The van der Waals surface area contributed by atoms with Crippen molar-refractivity contribution in [2.45, 2.75) is 27.7 Å². The van der Waals surface area contributed by atoms with E-state index < -0.39 is 0 Å². The molecule has 0 saturated heterocycles. The lowest BCUT2D eigenvalue weighted by atomic mass is 9.83. The first-order chi connectivity index (χ1) is 6.37. The molecule has 1 aliphatic rings. The van der Waals surface area contributed by atoms with Crippen molar-refractivity contribution in [1.29, 1.82) is 0 Å². The van der Waals surface area contributed by atoms with Gasteiger partial charge in [-0.2, -0.15) is 0 Å². The van der Waals surface area contributed by atoms with Crippen molar-refractivity contribution in [1.82, 2.24) is 0 Å². The van der Waals surface area contributed by atoms with E-state index in [2.05, 4.69) is 6.58 Å². The summed E-state index contributed by atoms with van der Waals surface area (Å²) < 4.78 is 0. The summed E-state index contributed by atoms with van der Waals surface area (Å²) in [7, 11) is 0. The van der Waals surface area contributed by atoms with E-state index in [1.165, 1.54) is 0 Å². The zero-order chi connectivity index (χ0) is 11.0. The largest absolute Gasteiger partial charge is 0.289 e. The maximum atomic E-state index is 11.8. The average Bonchev–Trinajstić information content (AvgIpc) is 2.11. The van der Waals surface area contributed by atoms with Gasteiger partial charge in [0.05, 0.1) is 0 Å². The summed E-state index contributed by atoms with van der Waals surface area (Å²) in [5, 5.41) is 0. The van der Waals surface area contributed by atoms with E-state index in [0.29, 0.717) is 27.9 Å². The molecule has 0 radical (unpaired) electrons. The minimum absolute atomic E-state index is 0.0416. The third kappa shape index (κ3) is 1.37. The zero-order valence-electron chi connectivity index (χ0n) is 9.02. The lowest BCUT2D eigenvalue weighted by Crippen LogP contribution is -2.20. The Hall–Kier alpha value is -1.44. The molecule has 0 fully saturated rings. The summed E-state index contributed by atoms with van der Waals surface area (Å²) in [6.07, 6.45) is 0. The monoisotopic (exact) mass is 190 g/mol. The van der Waals surface area contributed by atoms with Gasteiger partial charge in [-0.3, -0.25) is 9.59 Å². The fourth-order valence-electron chi connectivity index (χ4n) is 1.61. The van der Waals surface area contributed by atoms with E-state index >= 15 is 0 Å².